The number of benzene rings is 2. The number of carbonyl (C=O) groups is 2. The summed E-state index contributed by atoms with van der Waals surface area (Å²) < 4.78 is 5.14. The van der Waals surface area contributed by atoms with E-state index in [9.17, 15) is 14.7 Å². The number of para-hydroxylation sites is 2. The number of esters is 1. The average molecular weight is 312 g/mol. The minimum atomic E-state index is -0.408. The van der Waals surface area contributed by atoms with E-state index < -0.39 is 5.97 Å². The second-order valence-corrected chi connectivity index (χ2v) is 5.37. The number of rotatable bonds is 3. The Morgan fingerprint density at radius 2 is 2.09 bits per heavy atom. The zero-order valence-electron chi connectivity index (χ0n) is 12.6. The second-order valence-electron chi connectivity index (χ2n) is 5.37. The number of carbonyl (C=O) groups excluding carboxylic acids is 2. The molecule has 0 aromatic heterocycles. The molecule has 23 heavy (non-hydrogen) atoms. The number of ether oxygens (including phenoxy) is 1. The van der Waals surface area contributed by atoms with Crippen LogP contribution in [0.25, 0.3) is 0 Å². The van der Waals surface area contributed by atoms with E-state index in [0.29, 0.717) is 17.1 Å². The molecule has 0 saturated carbocycles. The summed E-state index contributed by atoms with van der Waals surface area (Å²) in [6.45, 7) is 1.84. The number of phenolic OH excluding ortho intramolecular Hbond substituents is 1. The highest BCUT2D eigenvalue weighted by Crippen LogP contribution is 2.31. The van der Waals surface area contributed by atoms with Crippen molar-refractivity contribution in [1.29, 1.82) is 0 Å². The van der Waals surface area contributed by atoms with Crippen LogP contribution in [0.4, 0.5) is 11.4 Å². The van der Waals surface area contributed by atoms with Crippen molar-refractivity contribution in [3.8, 4) is 11.5 Å². The minimum absolute atomic E-state index is 0.00428. The number of nitrogens with one attached hydrogen (secondary N) is 1. The molecule has 2 aromatic carbocycles. The van der Waals surface area contributed by atoms with E-state index in [1.807, 2.05) is 13.0 Å². The van der Waals surface area contributed by atoms with Crippen molar-refractivity contribution >= 4 is 23.3 Å². The van der Waals surface area contributed by atoms with Crippen molar-refractivity contribution in [2.24, 2.45) is 0 Å². The van der Waals surface area contributed by atoms with Gasteiger partial charge in [-0.05, 0) is 36.8 Å². The van der Waals surface area contributed by atoms with Crippen molar-refractivity contribution in [2.45, 2.75) is 6.92 Å². The summed E-state index contributed by atoms with van der Waals surface area (Å²) in [4.78, 5) is 25.5. The van der Waals surface area contributed by atoms with Crippen LogP contribution in [-0.2, 0) is 9.59 Å². The number of hydrogen-bond acceptors (Lipinski definition) is 5. The third kappa shape index (κ3) is 3.26. The topological polar surface area (TPSA) is 78.9 Å². The fourth-order valence-electron chi connectivity index (χ4n) is 2.45. The molecule has 6 heteroatoms. The van der Waals surface area contributed by atoms with E-state index in [2.05, 4.69) is 5.32 Å². The number of aromatic hydroxyl groups is 1. The van der Waals surface area contributed by atoms with Crippen LogP contribution >= 0.6 is 0 Å². The van der Waals surface area contributed by atoms with Gasteiger partial charge in [0.1, 0.15) is 12.3 Å². The van der Waals surface area contributed by atoms with E-state index in [1.54, 1.807) is 41.3 Å². The van der Waals surface area contributed by atoms with Gasteiger partial charge in [-0.25, -0.2) is 4.79 Å². The molecule has 0 aliphatic carbocycles. The normalized spacial score (nSPS) is 13.3. The molecule has 3 rings (SSSR count). The largest absolute Gasteiger partial charge is 0.506 e. The highest BCUT2D eigenvalue weighted by atomic mass is 16.5. The monoisotopic (exact) mass is 312 g/mol. The number of anilines is 2. The maximum atomic E-state index is 12.2. The van der Waals surface area contributed by atoms with E-state index in [1.165, 1.54) is 0 Å². The predicted octanol–water partition coefficient (Wildman–Crippen LogP) is 2.06. The molecule has 0 atom stereocenters. The molecular formula is C17H16N2O4. The molecule has 0 spiro atoms. The zero-order valence-corrected chi connectivity index (χ0v) is 12.6. The average Bonchev–Trinajstić information content (AvgIpc) is 2.50. The smallest absolute Gasteiger partial charge is 0.331 e. The molecule has 1 aliphatic rings. The van der Waals surface area contributed by atoms with Crippen molar-refractivity contribution in [2.75, 3.05) is 23.3 Å². The molecule has 0 unspecified atom stereocenters. The third-order valence-corrected chi connectivity index (χ3v) is 3.51. The first-order valence-corrected chi connectivity index (χ1v) is 7.17. The molecule has 0 saturated heterocycles. The first-order valence-electron chi connectivity index (χ1n) is 7.17. The van der Waals surface area contributed by atoms with Crippen LogP contribution in [0, 0.1) is 6.92 Å². The number of aryl methyl sites for hydroxylation is 1. The first-order chi connectivity index (χ1) is 11.0. The molecule has 1 heterocycles. The van der Waals surface area contributed by atoms with E-state index in [0.717, 1.165) is 5.56 Å². The molecule has 1 amide bonds. The lowest BCUT2D eigenvalue weighted by molar-refractivity contribution is -0.133. The Bertz CT molecular complexity index is 773. The summed E-state index contributed by atoms with van der Waals surface area (Å²) in [5, 5.41) is 12.5. The molecule has 6 nitrogen and oxygen atoms in total. The summed E-state index contributed by atoms with van der Waals surface area (Å²) in [6, 6.07) is 12.1. The van der Waals surface area contributed by atoms with Gasteiger partial charge in [0.15, 0.2) is 5.75 Å². The van der Waals surface area contributed by atoms with Crippen LogP contribution in [0.2, 0.25) is 0 Å². The Hall–Kier alpha value is -3.02. The van der Waals surface area contributed by atoms with E-state index >= 15 is 0 Å². The SMILES string of the molecule is Cc1ccc(NC(=O)CN2CC(=O)Oc3ccccc32)c(O)c1. The Labute approximate surface area is 133 Å². The Balaban J connectivity index is 1.74. The Kier molecular flexibility index (Phi) is 3.89. The van der Waals surface area contributed by atoms with Gasteiger partial charge < -0.3 is 20.1 Å². The Morgan fingerprint density at radius 1 is 1.30 bits per heavy atom. The van der Waals surface area contributed by atoms with Gasteiger partial charge in [0.25, 0.3) is 0 Å². The minimum Gasteiger partial charge on any atom is -0.506 e. The van der Waals surface area contributed by atoms with Crippen LogP contribution < -0.4 is 15.0 Å². The molecule has 0 bridgehead atoms. The van der Waals surface area contributed by atoms with Gasteiger partial charge in [-0.15, -0.1) is 0 Å². The third-order valence-electron chi connectivity index (χ3n) is 3.51. The summed E-state index contributed by atoms with van der Waals surface area (Å²) >= 11 is 0. The fourth-order valence-corrected chi connectivity index (χ4v) is 2.45. The number of amides is 1. The fraction of sp³-hybridized carbons (Fsp3) is 0.176. The molecular weight excluding hydrogens is 296 g/mol. The highest BCUT2D eigenvalue weighted by molar-refractivity contribution is 5.97. The standard InChI is InChI=1S/C17H16N2O4/c1-11-6-7-12(14(20)8-11)18-16(21)9-19-10-17(22)23-15-5-3-2-4-13(15)19/h2-8,20H,9-10H2,1H3,(H,18,21). The van der Waals surface area contributed by atoms with Gasteiger partial charge in [0, 0.05) is 0 Å². The van der Waals surface area contributed by atoms with Crippen molar-refractivity contribution in [3.63, 3.8) is 0 Å². The van der Waals surface area contributed by atoms with Crippen molar-refractivity contribution in [3.05, 3.63) is 48.0 Å². The van der Waals surface area contributed by atoms with E-state index in [-0.39, 0.29) is 24.7 Å². The van der Waals surface area contributed by atoms with E-state index in [4.69, 9.17) is 4.74 Å². The molecule has 0 radical (unpaired) electrons. The highest BCUT2D eigenvalue weighted by Gasteiger charge is 2.25. The number of hydrogen-bond donors (Lipinski definition) is 2. The number of fused-ring (bicyclic) bond motifs is 1. The molecule has 2 N–H and O–H groups in total. The molecule has 118 valence electrons. The van der Waals surface area contributed by atoms with Gasteiger partial charge in [0.2, 0.25) is 5.91 Å². The van der Waals surface area contributed by atoms with Crippen molar-refractivity contribution in [1.82, 2.24) is 0 Å². The second kappa shape index (κ2) is 6.00. The van der Waals surface area contributed by atoms with Crippen LogP contribution in [-0.4, -0.2) is 30.1 Å². The lowest BCUT2D eigenvalue weighted by Gasteiger charge is -2.29. The molecule has 2 aromatic rings. The quantitative estimate of drug-likeness (QED) is 0.515. The molecule has 1 aliphatic heterocycles. The Morgan fingerprint density at radius 3 is 2.87 bits per heavy atom. The van der Waals surface area contributed by atoms with Gasteiger partial charge in [-0.3, -0.25) is 4.79 Å². The lowest BCUT2D eigenvalue weighted by atomic mass is 10.2. The van der Waals surface area contributed by atoms with Gasteiger partial charge in [-0.2, -0.15) is 0 Å². The van der Waals surface area contributed by atoms with Crippen LogP contribution in [0.3, 0.4) is 0 Å². The summed E-state index contributed by atoms with van der Waals surface area (Å²) in [5.41, 5.74) is 1.93. The van der Waals surface area contributed by atoms with Crippen LogP contribution in [0.15, 0.2) is 42.5 Å². The summed E-state index contributed by atoms with van der Waals surface area (Å²) in [5.74, 6) is -0.283. The number of nitrogens with zero attached hydrogens (tertiary/aromatic N) is 1. The summed E-state index contributed by atoms with van der Waals surface area (Å²) in [6.07, 6.45) is 0. The van der Waals surface area contributed by atoms with Gasteiger partial charge in [-0.1, -0.05) is 18.2 Å². The number of phenols is 1. The maximum Gasteiger partial charge on any atom is 0.331 e. The van der Waals surface area contributed by atoms with Gasteiger partial charge in [0.05, 0.1) is 17.9 Å². The first kappa shape index (κ1) is 14.9. The predicted molar refractivity (Wildman–Crippen MR) is 85.8 cm³/mol. The van der Waals surface area contributed by atoms with Crippen LogP contribution in [0.1, 0.15) is 5.56 Å². The molecule has 0 fully saturated rings. The van der Waals surface area contributed by atoms with Crippen molar-refractivity contribution < 1.29 is 19.4 Å². The maximum absolute atomic E-state index is 12.2. The summed E-state index contributed by atoms with van der Waals surface area (Å²) in [7, 11) is 0. The lowest BCUT2D eigenvalue weighted by Crippen LogP contribution is -2.41. The zero-order chi connectivity index (χ0) is 16.4. The van der Waals surface area contributed by atoms with Crippen LogP contribution in [0.5, 0.6) is 11.5 Å². The van der Waals surface area contributed by atoms with Gasteiger partial charge >= 0.3 is 5.97 Å².